The zero-order valence-electron chi connectivity index (χ0n) is 11.3. The predicted octanol–water partition coefficient (Wildman–Crippen LogP) is 5.35. The summed E-state index contributed by atoms with van der Waals surface area (Å²) in [6.07, 6.45) is 0. The maximum absolute atomic E-state index is 13.8. The molecule has 0 saturated heterocycles. The first kappa shape index (κ1) is 18.9. The molecule has 0 aromatic heterocycles. The summed E-state index contributed by atoms with van der Waals surface area (Å²) >= 11 is 13.3. The minimum Gasteiger partial charge on any atom is -0.320 e. The van der Waals surface area contributed by atoms with Gasteiger partial charge in [-0.05, 0) is 29.3 Å². The summed E-state index contributed by atoms with van der Waals surface area (Å²) in [5, 5.41) is 0.0907. The zero-order chi connectivity index (χ0) is 17.4. The van der Waals surface area contributed by atoms with Crippen molar-refractivity contribution < 1.29 is 23.1 Å². The van der Waals surface area contributed by atoms with E-state index < -0.39 is 24.1 Å². The van der Waals surface area contributed by atoms with Crippen LogP contribution >= 0.6 is 47.8 Å². The number of hydrogen-bond acceptors (Lipinski definition) is 2. The fraction of sp³-hybridized carbons (Fsp3) is 0.143. The van der Waals surface area contributed by atoms with Crippen molar-refractivity contribution in [3.63, 3.8) is 0 Å². The zero-order valence-corrected chi connectivity index (χ0v) is 15.5. The van der Waals surface area contributed by atoms with E-state index in [1.54, 1.807) is 24.3 Å². The molecule has 2 aromatic carbocycles. The maximum Gasteiger partial charge on any atom is 0.399 e. The number of rotatable bonds is 4. The van der Waals surface area contributed by atoms with E-state index in [9.17, 15) is 13.3 Å². The monoisotopic (exact) mass is 442 g/mol. The summed E-state index contributed by atoms with van der Waals surface area (Å²) in [4.78, 5) is 17.6. The molecule has 3 nitrogen and oxygen atoms in total. The van der Waals surface area contributed by atoms with Crippen LogP contribution in [0, 0.1) is 0 Å². The van der Waals surface area contributed by atoms with E-state index in [-0.39, 0.29) is 4.47 Å². The lowest BCUT2D eigenvalue weighted by atomic mass is 10.0. The molecular formula is C14H11BrClF2O3PS. The van der Waals surface area contributed by atoms with Gasteiger partial charge < -0.3 is 9.79 Å². The largest absolute Gasteiger partial charge is 0.399 e. The van der Waals surface area contributed by atoms with Gasteiger partial charge in [-0.2, -0.15) is 21.4 Å². The van der Waals surface area contributed by atoms with Crippen molar-refractivity contribution in [3.8, 4) is 0 Å². The molecule has 1 atom stereocenters. The first-order valence-electron chi connectivity index (χ1n) is 6.21. The van der Waals surface area contributed by atoms with Crippen LogP contribution in [-0.2, 0) is 10.2 Å². The Labute approximate surface area is 150 Å². The van der Waals surface area contributed by atoms with Crippen molar-refractivity contribution in [2.75, 3.05) is 0 Å². The van der Waals surface area contributed by atoms with Crippen LogP contribution in [0.15, 0.2) is 46.9 Å². The highest BCUT2D eigenvalue weighted by atomic mass is 79.9. The summed E-state index contributed by atoms with van der Waals surface area (Å²) in [6, 6.07) is 10.6. The molecule has 2 rings (SSSR count). The Kier molecular flexibility index (Phi) is 5.61. The average molecular weight is 444 g/mol. The number of thiol groups is 1. The van der Waals surface area contributed by atoms with Gasteiger partial charge in [-0.1, -0.05) is 51.8 Å². The molecule has 9 heteroatoms. The SMILES string of the molecule is O=P(O)(O)C(F)(F)c1ccc(C(S)c2cccc(Cl)c2)cc1Br. The van der Waals surface area contributed by atoms with Gasteiger partial charge in [0.25, 0.3) is 0 Å². The van der Waals surface area contributed by atoms with Gasteiger partial charge in [0.1, 0.15) is 0 Å². The van der Waals surface area contributed by atoms with Crippen molar-refractivity contribution in [3.05, 3.63) is 68.7 Å². The molecule has 0 aliphatic heterocycles. The van der Waals surface area contributed by atoms with Crippen molar-refractivity contribution in [2.45, 2.75) is 10.9 Å². The third-order valence-corrected chi connectivity index (χ3v) is 5.62. The van der Waals surface area contributed by atoms with Crippen LogP contribution in [0.3, 0.4) is 0 Å². The summed E-state index contributed by atoms with van der Waals surface area (Å²) in [7, 11) is -5.62. The Morgan fingerprint density at radius 2 is 1.78 bits per heavy atom. The van der Waals surface area contributed by atoms with E-state index >= 15 is 0 Å². The molecule has 0 aliphatic carbocycles. The van der Waals surface area contributed by atoms with Crippen molar-refractivity contribution in [1.29, 1.82) is 0 Å². The van der Waals surface area contributed by atoms with Gasteiger partial charge in [0, 0.05) is 15.1 Å². The number of hydrogen-bond donors (Lipinski definition) is 3. The predicted molar refractivity (Wildman–Crippen MR) is 92.4 cm³/mol. The molecule has 0 radical (unpaired) electrons. The van der Waals surface area contributed by atoms with Gasteiger partial charge in [-0.25, -0.2) is 0 Å². The summed E-state index contributed by atoms with van der Waals surface area (Å²) in [6.45, 7) is 0. The molecule has 0 amide bonds. The highest BCUT2D eigenvalue weighted by Crippen LogP contribution is 2.60. The van der Waals surface area contributed by atoms with Crippen molar-refractivity contribution >= 4 is 47.8 Å². The first-order valence-corrected chi connectivity index (χ1v) is 9.51. The first-order chi connectivity index (χ1) is 10.5. The third kappa shape index (κ3) is 3.98. The molecule has 0 aliphatic rings. The van der Waals surface area contributed by atoms with Crippen LogP contribution in [0.2, 0.25) is 5.02 Å². The van der Waals surface area contributed by atoms with Gasteiger partial charge >= 0.3 is 13.3 Å². The Morgan fingerprint density at radius 1 is 1.17 bits per heavy atom. The minimum absolute atomic E-state index is 0.107. The molecule has 0 spiro atoms. The Bertz CT molecular complexity index is 784. The fourth-order valence-electron chi connectivity index (χ4n) is 1.97. The van der Waals surface area contributed by atoms with Crippen LogP contribution in [-0.4, -0.2) is 9.79 Å². The van der Waals surface area contributed by atoms with E-state index in [0.29, 0.717) is 10.6 Å². The summed E-state index contributed by atoms with van der Waals surface area (Å²) in [5.41, 5.74) is -3.71. The number of alkyl halides is 2. The van der Waals surface area contributed by atoms with Gasteiger partial charge in [0.05, 0.1) is 5.25 Å². The lowest BCUT2D eigenvalue weighted by Gasteiger charge is -2.20. The van der Waals surface area contributed by atoms with E-state index in [2.05, 4.69) is 28.6 Å². The molecular weight excluding hydrogens is 433 g/mol. The quantitative estimate of drug-likeness (QED) is 0.441. The number of benzene rings is 2. The summed E-state index contributed by atoms with van der Waals surface area (Å²) in [5.74, 6) is 0. The van der Waals surface area contributed by atoms with Gasteiger partial charge in [0.2, 0.25) is 0 Å². The Balaban J connectivity index is 2.42. The minimum atomic E-state index is -5.62. The van der Waals surface area contributed by atoms with Crippen LogP contribution < -0.4 is 0 Å². The molecule has 23 heavy (non-hydrogen) atoms. The molecule has 1 unspecified atom stereocenters. The van der Waals surface area contributed by atoms with Crippen molar-refractivity contribution in [1.82, 2.24) is 0 Å². The van der Waals surface area contributed by atoms with Crippen LogP contribution in [0.25, 0.3) is 0 Å². The number of halogens is 4. The molecule has 2 N–H and O–H groups in total. The Morgan fingerprint density at radius 3 is 2.30 bits per heavy atom. The van der Waals surface area contributed by atoms with Crippen LogP contribution in [0.1, 0.15) is 21.9 Å². The second-order valence-electron chi connectivity index (χ2n) is 4.78. The topological polar surface area (TPSA) is 57.5 Å². The normalized spacial score (nSPS) is 13.9. The second kappa shape index (κ2) is 6.82. The van der Waals surface area contributed by atoms with Crippen molar-refractivity contribution in [2.24, 2.45) is 0 Å². The van der Waals surface area contributed by atoms with Gasteiger partial charge in [-0.15, -0.1) is 0 Å². The highest BCUT2D eigenvalue weighted by molar-refractivity contribution is 9.10. The van der Waals surface area contributed by atoms with Gasteiger partial charge in [-0.3, -0.25) is 4.57 Å². The van der Waals surface area contributed by atoms with E-state index in [0.717, 1.165) is 11.6 Å². The van der Waals surface area contributed by atoms with Crippen LogP contribution in [0.4, 0.5) is 8.78 Å². The smallest absolute Gasteiger partial charge is 0.320 e. The molecule has 0 saturated carbocycles. The lowest BCUT2D eigenvalue weighted by Crippen LogP contribution is -2.14. The van der Waals surface area contributed by atoms with Crippen LogP contribution in [0.5, 0.6) is 0 Å². The average Bonchev–Trinajstić information content (AvgIpc) is 2.44. The molecule has 0 bridgehead atoms. The van der Waals surface area contributed by atoms with E-state index in [1.165, 1.54) is 12.1 Å². The lowest BCUT2D eigenvalue weighted by molar-refractivity contribution is 0.0557. The van der Waals surface area contributed by atoms with Gasteiger partial charge in [0.15, 0.2) is 0 Å². The highest BCUT2D eigenvalue weighted by Gasteiger charge is 2.51. The second-order valence-corrected chi connectivity index (χ2v) is 8.24. The van der Waals surface area contributed by atoms with E-state index in [1.807, 2.05) is 0 Å². The Hall–Kier alpha value is -0.430. The third-order valence-electron chi connectivity index (χ3n) is 3.16. The fourth-order valence-corrected chi connectivity index (χ4v) is 3.80. The molecule has 2 aromatic rings. The maximum atomic E-state index is 13.8. The summed E-state index contributed by atoms with van der Waals surface area (Å²) < 4.78 is 38.5. The molecule has 0 fully saturated rings. The standard InChI is InChI=1S/C14H11BrClF2O3PS/c15-12-7-9(13(23)8-2-1-3-10(16)6-8)4-5-11(12)14(17,18)22(19,20)21/h1-7,13,23H,(H2,19,20,21). The molecule has 0 heterocycles. The molecule has 124 valence electrons. The van der Waals surface area contributed by atoms with E-state index in [4.69, 9.17) is 21.4 Å².